The molecule has 0 atom stereocenters. The lowest BCUT2D eigenvalue weighted by atomic mass is 10.0. The molecule has 1 N–H and O–H groups in total. The van der Waals surface area contributed by atoms with Gasteiger partial charge in [-0.2, -0.15) is 18.3 Å². The molecule has 3 heterocycles. The van der Waals surface area contributed by atoms with E-state index in [1.54, 1.807) is 6.20 Å². The first-order chi connectivity index (χ1) is 13.4. The minimum Gasteiger partial charge on any atom is -0.332 e. The van der Waals surface area contributed by atoms with Gasteiger partial charge in [-0.05, 0) is 30.7 Å². The Bertz CT molecular complexity index is 1030. The van der Waals surface area contributed by atoms with Crippen LogP contribution in [0.15, 0.2) is 42.6 Å². The topological polar surface area (TPSA) is 61.9 Å². The zero-order valence-electron chi connectivity index (χ0n) is 14.4. The van der Waals surface area contributed by atoms with E-state index in [0.29, 0.717) is 18.7 Å². The summed E-state index contributed by atoms with van der Waals surface area (Å²) in [5.74, 6) is -0.552. The maximum absolute atomic E-state index is 13.1. The Hall–Kier alpha value is -2.87. The predicted octanol–water partition coefficient (Wildman–Crippen LogP) is 4.34. The number of hydrogen-bond donors (Lipinski definition) is 1. The SMILES string of the molecule is O=C(c1cccc(C(F)(F)F)c1Cl)N1CCc2c(n[nH]c2-c2ccccn2)C1. The summed E-state index contributed by atoms with van der Waals surface area (Å²) < 4.78 is 39.2. The molecule has 0 aliphatic carbocycles. The molecule has 3 aromatic rings. The van der Waals surface area contributed by atoms with Crippen molar-refractivity contribution in [3.05, 3.63) is 70.0 Å². The number of rotatable bonds is 2. The number of carbonyl (C=O) groups excluding carboxylic acids is 1. The number of pyridine rings is 1. The Labute approximate surface area is 163 Å². The summed E-state index contributed by atoms with van der Waals surface area (Å²) in [6.07, 6.45) is -2.43. The molecule has 0 radical (unpaired) electrons. The van der Waals surface area contributed by atoms with Gasteiger partial charge < -0.3 is 4.90 Å². The van der Waals surface area contributed by atoms with Gasteiger partial charge in [-0.3, -0.25) is 14.9 Å². The number of fused-ring (bicyclic) bond motifs is 1. The van der Waals surface area contributed by atoms with E-state index in [-0.39, 0.29) is 12.1 Å². The van der Waals surface area contributed by atoms with Crippen molar-refractivity contribution in [1.29, 1.82) is 0 Å². The molecule has 9 heteroatoms. The molecular weight excluding hydrogens is 393 g/mol. The molecule has 5 nitrogen and oxygen atoms in total. The molecule has 0 fully saturated rings. The lowest BCUT2D eigenvalue weighted by molar-refractivity contribution is -0.137. The van der Waals surface area contributed by atoms with E-state index in [0.717, 1.165) is 23.0 Å². The van der Waals surface area contributed by atoms with Crippen molar-refractivity contribution >= 4 is 17.5 Å². The number of H-pyrrole nitrogens is 1. The van der Waals surface area contributed by atoms with Crippen molar-refractivity contribution < 1.29 is 18.0 Å². The molecule has 0 bridgehead atoms. The van der Waals surface area contributed by atoms with Gasteiger partial charge in [0.05, 0.1) is 39.8 Å². The maximum atomic E-state index is 13.1. The lowest BCUT2D eigenvalue weighted by Gasteiger charge is -2.27. The van der Waals surface area contributed by atoms with Gasteiger partial charge in [-0.1, -0.05) is 23.7 Å². The Balaban J connectivity index is 1.61. The van der Waals surface area contributed by atoms with Gasteiger partial charge in [0.2, 0.25) is 0 Å². The van der Waals surface area contributed by atoms with Gasteiger partial charge in [-0.15, -0.1) is 0 Å². The number of nitrogens with one attached hydrogen (secondary N) is 1. The standard InChI is InChI=1S/C19H14ClF3N4O/c20-16-12(4-3-5-13(16)19(21,22)23)18(28)27-9-7-11-15(10-27)25-26-17(11)14-6-1-2-8-24-14/h1-6,8H,7,9-10H2,(H,25,26). The van der Waals surface area contributed by atoms with Gasteiger partial charge in [-0.25, -0.2) is 0 Å². The van der Waals surface area contributed by atoms with E-state index in [2.05, 4.69) is 15.2 Å². The van der Waals surface area contributed by atoms with Crippen molar-refractivity contribution in [2.24, 2.45) is 0 Å². The molecule has 0 saturated heterocycles. The number of hydrogen-bond acceptors (Lipinski definition) is 3. The van der Waals surface area contributed by atoms with Crippen LogP contribution in [0.2, 0.25) is 5.02 Å². The highest BCUT2D eigenvalue weighted by atomic mass is 35.5. The summed E-state index contributed by atoms with van der Waals surface area (Å²) in [4.78, 5) is 18.6. The van der Waals surface area contributed by atoms with Crippen molar-refractivity contribution in [3.8, 4) is 11.4 Å². The average molecular weight is 407 g/mol. The molecular formula is C19H14ClF3N4O. The van der Waals surface area contributed by atoms with E-state index >= 15 is 0 Å². The van der Waals surface area contributed by atoms with Crippen molar-refractivity contribution in [3.63, 3.8) is 0 Å². The number of amides is 1. The van der Waals surface area contributed by atoms with E-state index < -0.39 is 22.7 Å². The van der Waals surface area contributed by atoms with Gasteiger partial charge in [0, 0.05) is 18.3 Å². The third kappa shape index (κ3) is 3.24. The van der Waals surface area contributed by atoms with Crippen LogP contribution in [0.5, 0.6) is 0 Å². The van der Waals surface area contributed by atoms with E-state index in [1.807, 2.05) is 18.2 Å². The Morgan fingerprint density at radius 2 is 2.00 bits per heavy atom. The van der Waals surface area contributed by atoms with Gasteiger partial charge in [0.15, 0.2) is 0 Å². The Kier molecular flexibility index (Phi) is 4.58. The highest BCUT2D eigenvalue weighted by Gasteiger charge is 2.36. The van der Waals surface area contributed by atoms with Gasteiger partial charge >= 0.3 is 6.18 Å². The largest absolute Gasteiger partial charge is 0.417 e. The summed E-state index contributed by atoms with van der Waals surface area (Å²) in [6, 6.07) is 8.88. The molecule has 1 aliphatic heterocycles. The zero-order chi connectivity index (χ0) is 19.9. The van der Waals surface area contributed by atoms with Crippen LogP contribution in [0.3, 0.4) is 0 Å². The summed E-state index contributed by atoms with van der Waals surface area (Å²) in [7, 11) is 0. The summed E-state index contributed by atoms with van der Waals surface area (Å²) in [5.41, 5.74) is 1.98. The van der Waals surface area contributed by atoms with Crippen molar-refractivity contribution in [1.82, 2.24) is 20.1 Å². The number of nitrogens with zero attached hydrogens (tertiary/aromatic N) is 3. The normalized spacial score (nSPS) is 14.1. The molecule has 1 aliphatic rings. The Morgan fingerprint density at radius 1 is 1.18 bits per heavy atom. The van der Waals surface area contributed by atoms with E-state index in [4.69, 9.17) is 11.6 Å². The van der Waals surface area contributed by atoms with Crippen LogP contribution in [0.4, 0.5) is 13.2 Å². The summed E-state index contributed by atoms with van der Waals surface area (Å²) in [5, 5.41) is 6.63. The monoisotopic (exact) mass is 406 g/mol. The fourth-order valence-corrected chi connectivity index (χ4v) is 3.61. The average Bonchev–Trinajstić information content (AvgIpc) is 3.10. The molecule has 1 aromatic carbocycles. The summed E-state index contributed by atoms with van der Waals surface area (Å²) in [6.45, 7) is 0.530. The molecule has 28 heavy (non-hydrogen) atoms. The van der Waals surface area contributed by atoms with Gasteiger partial charge in [0.1, 0.15) is 0 Å². The second-order valence-corrected chi connectivity index (χ2v) is 6.76. The first-order valence-electron chi connectivity index (χ1n) is 8.48. The first kappa shape index (κ1) is 18.5. The van der Waals surface area contributed by atoms with Crippen molar-refractivity contribution in [2.45, 2.75) is 19.1 Å². The van der Waals surface area contributed by atoms with Crippen LogP contribution >= 0.6 is 11.6 Å². The quantitative estimate of drug-likeness (QED) is 0.688. The predicted molar refractivity (Wildman–Crippen MR) is 96.7 cm³/mol. The zero-order valence-corrected chi connectivity index (χ0v) is 15.2. The van der Waals surface area contributed by atoms with Crippen LogP contribution in [0, 0.1) is 0 Å². The Morgan fingerprint density at radius 3 is 2.71 bits per heavy atom. The first-order valence-corrected chi connectivity index (χ1v) is 8.86. The molecule has 4 rings (SSSR count). The van der Waals surface area contributed by atoms with Crippen LogP contribution in [0.1, 0.15) is 27.2 Å². The molecule has 0 spiro atoms. The minimum atomic E-state index is -4.62. The molecule has 0 saturated carbocycles. The van der Waals surface area contributed by atoms with Crippen LogP contribution in [0.25, 0.3) is 11.4 Å². The molecule has 0 unspecified atom stereocenters. The second-order valence-electron chi connectivity index (χ2n) is 6.38. The second kappa shape index (κ2) is 6.94. The molecule has 2 aromatic heterocycles. The molecule has 1 amide bonds. The van der Waals surface area contributed by atoms with Gasteiger partial charge in [0.25, 0.3) is 5.91 Å². The van der Waals surface area contributed by atoms with E-state index in [1.165, 1.54) is 17.0 Å². The number of aromatic amines is 1. The number of benzene rings is 1. The van der Waals surface area contributed by atoms with E-state index in [9.17, 15) is 18.0 Å². The highest BCUT2D eigenvalue weighted by Crippen LogP contribution is 2.37. The highest BCUT2D eigenvalue weighted by molar-refractivity contribution is 6.34. The fraction of sp³-hybridized carbons (Fsp3) is 0.211. The number of carbonyl (C=O) groups is 1. The number of aromatic nitrogens is 3. The smallest absolute Gasteiger partial charge is 0.332 e. The number of alkyl halides is 3. The fourth-order valence-electron chi connectivity index (χ4n) is 3.29. The minimum absolute atomic E-state index is 0.166. The van der Waals surface area contributed by atoms with Crippen LogP contribution in [-0.4, -0.2) is 32.5 Å². The third-order valence-electron chi connectivity index (χ3n) is 4.67. The number of halogens is 4. The summed E-state index contributed by atoms with van der Waals surface area (Å²) >= 11 is 5.89. The van der Waals surface area contributed by atoms with Crippen LogP contribution in [-0.2, 0) is 19.1 Å². The van der Waals surface area contributed by atoms with Crippen LogP contribution < -0.4 is 0 Å². The van der Waals surface area contributed by atoms with Crippen molar-refractivity contribution in [2.75, 3.05) is 6.54 Å². The lowest BCUT2D eigenvalue weighted by Crippen LogP contribution is -2.36. The molecule has 144 valence electrons. The maximum Gasteiger partial charge on any atom is 0.417 e. The third-order valence-corrected chi connectivity index (χ3v) is 5.08.